The fourth-order valence-electron chi connectivity index (χ4n) is 4.40. The van der Waals surface area contributed by atoms with Crippen molar-refractivity contribution in [2.45, 2.75) is 51.6 Å². The van der Waals surface area contributed by atoms with Crippen LogP contribution in [0.3, 0.4) is 0 Å². The highest BCUT2D eigenvalue weighted by Crippen LogP contribution is 2.19. The van der Waals surface area contributed by atoms with E-state index in [1.54, 1.807) is 0 Å². The number of likely N-dealkylation sites (tertiary alicyclic amines) is 2. The van der Waals surface area contributed by atoms with Crippen LogP contribution in [0, 0.1) is 5.92 Å². The third-order valence-corrected chi connectivity index (χ3v) is 6.09. The van der Waals surface area contributed by atoms with Gasteiger partial charge in [-0.2, -0.15) is 0 Å². The highest BCUT2D eigenvalue weighted by atomic mass is 16.5. The lowest BCUT2D eigenvalue weighted by Gasteiger charge is -2.33. The first-order chi connectivity index (χ1) is 14.2. The van der Waals surface area contributed by atoms with E-state index >= 15 is 0 Å². The Hall–Kier alpha value is -2.08. The van der Waals surface area contributed by atoms with Gasteiger partial charge in [0.1, 0.15) is 0 Å². The number of nitrogens with zero attached hydrogens (tertiary/aromatic N) is 3. The molecular formula is C23H36N4O2. The second-order valence-electron chi connectivity index (χ2n) is 8.20. The maximum atomic E-state index is 11.7. The largest absolute Gasteiger partial charge is 0.469 e. The first kappa shape index (κ1) is 21.6. The average Bonchev–Trinajstić information content (AvgIpc) is 3.03. The van der Waals surface area contributed by atoms with Crippen LogP contribution < -0.4 is 5.32 Å². The van der Waals surface area contributed by atoms with Gasteiger partial charge in [-0.3, -0.25) is 14.7 Å². The predicted octanol–water partition coefficient (Wildman–Crippen LogP) is 3.02. The molecule has 0 aliphatic carbocycles. The van der Waals surface area contributed by atoms with Gasteiger partial charge < -0.3 is 15.0 Å². The SMILES string of the molecule is CN=C(NCc1cccc(CN2CCCCCC2)c1)N1CCC(C(=O)OC)CC1. The summed E-state index contributed by atoms with van der Waals surface area (Å²) in [5.41, 5.74) is 2.67. The zero-order valence-corrected chi connectivity index (χ0v) is 18.0. The maximum Gasteiger partial charge on any atom is 0.308 e. The smallest absolute Gasteiger partial charge is 0.308 e. The molecule has 2 heterocycles. The Kier molecular flexibility index (Phi) is 8.35. The lowest BCUT2D eigenvalue weighted by molar-refractivity contribution is -0.146. The van der Waals surface area contributed by atoms with E-state index in [1.807, 2.05) is 7.05 Å². The summed E-state index contributed by atoms with van der Waals surface area (Å²) in [7, 11) is 3.29. The molecule has 2 saturated heterocycles. The van der Waals surface area contributed by atoms with Crippen LogP contribution in [0.2, 0.25) is 0 Å². The number of carbonyl (C=O) groups excluding carboxylic acids is 1. The average molecular weight is 401 g/mol. The molecule has 6 nitrogen and oxygen atoms in total. The Morgan fingerprint density at radius 1 is 1.10 bits per heavy atom. The van der Waals surface area contributed by atoms with E-state index in [0.717, 1.165) is 45.0 Å². The summed E-state index contributed by atoms with van der Waals surface area (Å²) in [6, 6.07) is 8.89. The number of carbonyl (C=O) groups is 1. The Morgan fingerprint density at radius 2 is 1.79 bits per heavy atom. The van der Waals surface area contributed by atoms with Gasteiger partial charge >= 0.3 is 5.97 Å². The lowest BCUT2D eigenvalue weighted by Crippen LogP contribution is -2.46. The highest BCUT2D eigenvalue weighted by Gasteiger charge is 2.26. The molecule has 0 amide bonds. The van der Waals surface area contributed by atoms with E-state index in [1.165, 1.54) is 57.0 Å². The van der Waals surface area contributed by atoms with Gasteiger partial charge in [0.05, 0.1) is 13.0 Å². The Labute approximate surface area is 175 Å². The standard InChI is InChI=1S/C23H36N4O2/c1-24-23(27-14-10-21(11-15-27)22(28)29-2)25-17-19-8-7-9-20(16-19)18-26-12-5-3-4-6-13-26/h7-9,16,21H,3-6,10-15,17-18H2,1-2H3,(H,24,25). The summed E-state index contributed by atoms with van der Waals surface area (Å²) in [5, 5.41) is 3.50. The molecule has 0 unspecified atom stereocenters. The molecule has 2 aliphatic heterocycles. The minimum atomic E-state index is -0.0891. The summed E-state index contributed by atoms with van der Waals surface area (Å²) < 4.78 is 4.88. The van der Waals surface area contributed by atoms with Crippen molar-refractivity contribution in [3.05, 3.63) is 35.4 Å². The number of ether oxygens (including phenoxy) is 1. The quantitative estimate of drug-likeness (QED) is 0.468. The minimum Gasteiger partial charge on any atom is -0.469 e. The van der Waals surface area contributed by atoms with Crippen LogP contribution in [-0.2, 0) is 22.6 Å². The fraction of sp³-hybridized carbons (Fsp3) is 0.652. The number of nitrogens with one attached hydrogen (secondary N) is 1. The number of guanidine groups is 1. The van der Waals surface area contributed by atoms with E-state index in [0.29, 0.717) is 0 Å². The van der Waals surface area contributed by atoms with Crippen LogP contribution in [0.4, 0.5) is 0 Å². The molecule has 1 N–H and O–H groups in total. The van der Waals surface area contributed by atoms with Crippen LogP contribution in [-0.4, -0.2) is 62.1 Å². The summed E-state index contributed by atoms with van der Waals surface area (Å²) in [5.74, 6) is 0.838. The monoisotopic (exact) mass is 400 g/mol. The highest BCUT2D eigenvalue weighted by molar-refractivity contribution is 5.80. The minimum absolute atomic E-state index is 0.0185. The molecular weight excluding hydrogens is 364 g/mol. The summed E-state index contributed by atoms with van der Waals surface area (Å²) in [6.07, 6.45) is 7.03. The van der Waals surface area contributed by atoms with Crippen molar-refractivity contribution >= 4 is 11.9 Å². The van der Waals surface area contributed by atoms with Gasteiger partial charge in [0.2, 0.25) is 0 Å². The van der Waals surface area contributed by atoms with E-state index < -0.39 is 0 Å². The Balaban J connectivity index is 1.50. The molecule has 2 fully saturated rings. The van der Waals surface area contributed by atoms with Gasteiger partial charge in [-0.05, 0) is 49.9 Å². The maximum absolute atomic E-state index is 11.7. The number of hydrogen-bond acceptors (Lipinski definition) is 4. The van der Waals surface area contributed by atoms with Crippen molar-refractivity contribution in [2.75, 3.05) is 40.3 Å². The van der Waals surface area contributed by atoms with Crippen molar-refractivity contribution in [1.82, 2.24) is 15.1 Å². The molecule has 0 aromatic heterocycles. The van der Waals surface area contributed by atoms with Crippen LogP contribution in [0.5, 0.6) is 0 Å². The van der Waals surface area contributed by atoms with Crippen molar-refractivity contribution < 1.29 is 9.53 Å². The molecule has 1 aromatic rings. The van der Waals surface area contributed by atoms with Crippen LogP contribution in [0.15, 0.2) is 29.3 Å². The van der Waals surface area contributed by atoms with Gasteiger partial charge in [-0.1, -0.05) is 37.1 Å². The summed E-state index contributed by atoms with van der Waals surface area (Å²) in [6.45, 7) is 5.90. The first-order valence-electron chi connectivity index (χ1n) is 11.0. The van der Waals surface area contributed by atoms with Crippen LogP contribution >= 0.6 is 0 Å². The molecule has 0 spiro atoms. The molecule has 0 atom stereocenters. The lowest BCUT2D eigenvalue weighted by atomic mass is 9.97. The third kappa shape index (κ3) is 6.46. The van der Waals surface area contributed by atoms with E-state index in [-0.39, 0.29) is 11.9 Å². The van der Waals surface area contributed by atoms with Crippen molar-refractivity contribution in [3.8, 4) is 0 Å². The number of hydrogen-bond donors (Lipinski definition) is 1. The van der Waals surface area contributed by atoms with Crippen LogP contribution in [0.25, 0.3) is 0 Å². The number of rotatable bonds is 5. The zero-order valence-electron chi connectivity index (χ0n) is 18.0. The Morgan fingerprint density at radius 3 is 2.45 bits per heavy atom. The topological polar surface area (TPSA) is 57.2 Å². The third-order valence-electron chi connectivity index (χ3n) is 6.09. The van der Waals surface area contributed by atoms with Crippen molar-refractivity contribution in [2.24, 2.45) is 10.9 Å². The molecule has 160 valence electrons. The van der Waals surface area contributed by atoms with Crippen molar-refractivity contribution in [1.29, 1.82) is 0 Å². The molecule has 6 heteroatoms. The predicted molar refractivity (Wildman–Crippen MR) is 117 cm³/mol. The molecule has 29 heavy (non-hydrogen) atoms. The van der Waals surface area contributed by atoms with Crippen molar-refractivity contribution in [3.63, 3.8) is 0 Å². The van der Waals surface area contributed by atoms with E-state index in [9.17, 15) is 4.79 Å². The Bertz CT molecular complexity index is 675. The number of piperidine rings is 1. The normalized spacial score (nSPS) is 19.7. The number of esters is 1. The molecule has 3 rings (SSSR count). The summed E-state index contributed by atoms with van der Waals surface area (Å²) in [4.78, 5) is 21.0. The summed E-state index contributed by atoms with van der Waals surface area (Å²) >= 11 is 0. The number of benzene rings is 1. The van der Waals surface area contributed by atoms with Gasteiger partial charge in [-0.25, -0.2) is 0 Å². The second-order valence-corrected chi connectivity index (χ2v) is 8.20. The molecule has 0 saturated carbocycles. The second kappa shape index (κ2) is 11.2. The van der Waals surface area contributed by atoms with E-state index in [2.05, 4.69) is 44.4 Å². The molecule has 1 aromatic carbocycles. The van der Waals surface area contributed by atoms with Gasteiger partial charge in [0.25, 0.3) is 0 Å². The van der Waals surface area contributed by atoms with Gasteiger partial charge in [0, 0.05) is 33.2 Å². The van der Waals surface area contributed by atoms with Gasteiger partial charge in [0.15, 0.2) is 5.96 Å². The number of aliphatic imine (C=N–C) groups is 1. The van der Waals surface area contributed by atoms with Gasteiger partial charge in [-0.15, -0.1) is 0 Å². The zero-order chi connectivity index (χ0) is 20.5. The van der Waals surface area contributed by atoms with Crippen LogP contribution in [0.1, 0.15) is 49.7 Å². The number of methoxy groups -OCH3 is 1. The fourth-order valence-corrected chi connectivity index (χ4v) is 4.40. The molecule has 2 aliphatic rings. The van der Waals surface area contributed by atoms with E-state index in [4.69, 9.17) is 4.74 Å². The first-order valence-corrected chi connectivity index (χ1v) is 11.0. The molecule has 0 radical (unpaired) electrons. The molecule has 0 bridgehead atoms.